The molecule has 0 N–H and O–H groups in total. The summed E-state index contributed by atoms with van der Waals surface area (Å²) in [7, 11) is 0. The average molecular weight is 210 g/mol. The van der Waals surface area contributed by atoms with E-state index in [1.165, 1.54) is 0 Å². The lowest BCUT2D eigenvalue weighted by molar-refractivity contribution is 1.22. The second-order valence-electron chi connectivity index (χ2n) is 3.24. The molecular formula is C12H10N4. The van der Waals surface area contributed by atoms with Crippen LogP contribution >= 0.6 is 0 Å². The van der Waals surface area contributed by atoms with Gasteiger partial charge >= 0.3 is 0 Å². The average Bonchev–Trinajstić information content (AvgIpc) is 2.34. The molecule has 0 fully saturated rings. The number of hydrogen-bond acceptors (Lipinski definition) is 2. The maximum Gasteiger partial charge on any atom is 0.0709 e. The number of hydrogen-bond donors (Lipinski definition) is 0. The molecule has 0 unspecified atom stereocenters. The number of rotatable bonds is 3. The predicted molar refractivity (Wildman–Crippen MR) is 64.8 cm³/mol. The van der Waals surface area contributed by atoms with Gasteiger partial charge < -0.3 is 0 Å². The molecule has 0 spiro atoms. The molecule has 0 saturated heterocycles. The first kappa shape index (κ1) is 10.2. The van der Waals surface area contributed by atoms with Gasteiger partial charge in [-0.1, -0.05) is 35.5 Å². The third kappa shape index (κ3) is 2.38. The number of benzene rings is 1. The van der Waals surface area contributed by atoms with Gasteiger partial charge in [-0.3, -0.25) is 0 Å². The minimum atomic E-state index is 0.352. The first-order valence-electron chi connectivity index (χ1n) is 4.93. The van der Waals surface area contributed by atoms with Crippen LogP contribution in [0.1, 0.15) is 5.69 Å². The van der Waals surface area contributed by atoms with E-state index in [2.05, 4.69) is 15.0 Å². The molecule has 16 heavy (non-hydrogen) atoms. The molecule has 0 aliphatic carbocycles. The van der Waals surface area contributed by atoms with Crippen molar-refractivity contribution < 1.29 is 0 Å². The second kappa shape index (κ2) is 4.96. The molecule has 0 bridgehead atoms. The van der Waals surface area contributed by atoms with Crippen LogP contribution in [0.15, 0.2) is 47.6 Å². The standard InChI is InChI=1S/C12H10N4/c13-16-14-9-3-5-11-8-7-10-4-1-2-6-12(10)15-11/h1-8H,9H2. The van der Waals surface area contributed by atoms with Crippen molar-refractivity contribution in [3.8, 4) is 0 Å². The first-order valence-corrected chi connectivity index (χ1v) is 4.93. The van der Waals surface area contributed by atoms with E-state index >= 15 is 0 Å². The Morgan fingerprint density at radius 3 is 3.00 bits per heavy atom. The number of pyridine rings is 1. The summed E-state index contributed by atoms with van der Waals surface area (Å²) in [6.07, 6.45) is 3.64. The molecule has 78 valence electrons. The van der Waals surface area contributed by atoms with Crippen molar-refractivity contribution in [3.63, 3.8) is 0 Å². The molecule has 1 heterocycles. The molecule has 2 aromatic rings. The van der Waals surface area contributed by atoms with Gasteiger partial charge in [0.25, 0.3) is 0 Å². The molecule has 4 heteroatoms. The Bertz CT molecular complexity index is 568. The highest BCUT2D eigenvalue weighted by Gasteiger charge is 1.93. The van der Waals surface area contributed by atoms with Crippen LogP contribution in [0, 0.1) is 0 Å². The Kier molecular flexibility index (Phi) is 3.16. The lowest BCUT2D eigenvalue weighted by Crippen LogP contribution is -1.82. The van der Waals surface area contributed by atoms with Gasteiger partial charge in [-0.15, -0.1) is 0 Å². The number of nitrogens with zero attached hydrogens (tertiary/aromatic N) is 4. The van der Waals surface area contributed by atoms with Crippen LogP contribution in [0.3, 0.4) is 0 Å². The van der Waals surface area contributed by atoms with E-state index in [9.17, 15) is 0 Å². The molecule has 0 atom stereocenters. The van der Waals surface area contributed by atoms with Gasteiger partial charge in [-0.25, -0.2) is 4.98 Å². The fraction of sp³-hybridized carbons (Fsp3) is 0.0833. The molecule has 0 amide bonds. The maximum absolute atomic E-state index is 8.11. The van der Waals surface area contributed by atoms with E-state index in [0.29, 0.717) is 6.54 Å². The van der Waals surface area contributed by atoms with Crippen LogP contribution in [0.2, 0.25) is 0 Å². The zero-order valence-electron chi connectivity index (χ0n) is 8.61. The van der Waals surface area contributed by atoms with Crippen molar-refractivity contribution >= 4 is 17.0 Å². The number of azide groups is 1. The molecule has 4 nitrogen and oxygen atoms in total. The normalized spacial score (nSPS) is 10.5. The summed E-state index contributed by atoms with van der Waals surface area (Å²) in [4.78, 5) is 7.12. The highest BCUT2D eigenvalue weighted by Crippen LogP contribution is 2.12. The van der Waals surface area contributed by atoms with Crippen LogP contribution in [-0.4, -0.2) is 11.5 Å². The second-order valence-corrected chi connectivity index (χ2v) is 3.24. The van der Waals surface area contributed by atoms with Gasteiger partial charge in [-0.05, 0) is 23.7 Å². The Balaban J connectivity index is 2.25. The van der Waals surface area contributed by atoms with Crippen LogP contribution in [0.5, 0.6) is 0 Å². The zero-order chi connectivity index (χ0) is 11.2. The van der Waals surface area contributed by atoms with Crippen molar-refractivity contribution in [1.29, 1.82) is 0 Å². The SMILES string of the molecule is [N-]=[N+]=NCC=Cc1ccc2ccccc2n1. The van der Waals surface area contributed by atoms with E-state index in [1.54, 1.807) is 6.08 Å². The Labute approximate surface area is 92.9 Å². The van der Waals surface area contributed by atoms with E-state index in [4.69, 9.17) is 5.53 Å². The van der Waals surface area contributed by atoms with Crippen molar-refractivity contribution in [3.05, 3.63) is 58.6 Å². The first-order chi connectivity index (χ1) is 7.90. The number of para-hydroxylation sites is 1. The maximum atomic E-state index is 8.11. The van der Waals surface area contributed by atoms with Crippen molar-refractivity contribution in [2.75, 3.05) is 6.54 Å². The fourth-order valence-corrected chi connectivity index (χ4v) is 1.43. The van der Waals surface area contributed by atoms with Gasteiger partial charge in [0.2, 0.25) is 0 Å². The van der Waals surface area contributed by atoms with Gasteiger partial charge in [-0.2, -0.15) is 0 Å². The lowest BCUT2D eigenvalue weighted by atomic mass is 10.2. The molecular weight excluding hydrogens is 200 g/mol. The van der Waals surface area contributed by atoms with Crippen LogP contribution < -0.4 is 0 Å². The quantitative estimate of drug-likeness (QED) is 0.434. The monoisotopic (exact) mass is 210 g/mol. The number of fused-ring (bicyclic) bond motifs is 1. The van der Waals surface area contributed by atoms with E-state index in [0.717, 1.165) is 16.6 Å². The molecule has 1 aromatic heterocycles. The van der Waals surface area contributed by atoms with E-state index in [-0.39, 0.29) is 0 Å². The Hall–Kier alpha value is -2.32. The van der Waals surface area contributed by atoms with Crippen LogP contribution in [0.25, 0.3) is 27.4 Å². The van der Waals surface area contributed by atoms with Crippen molar-refractivity contribution in [1.82, 2.24) is 4.98 Å². The predicted octanol–water partition coefficient (Wildman–Crippen LogP) is 3.56. The van der Waals surface area contributed by atoms with Gasteiger partial charge in [0.1, 0.15) is 0 Å². The molecule has 2 rings (SSSR count). The zero-order valence-corrected chi connectivity index (χ0v) is 8.61. The topological polar surface area (TPSA) is 61.7 Å². The summed E-state index contributed by atoms with van der Waals surface area (Å²) in [5.74, 6) is 0. The summed E-state index contributed by atoms with van der Waals surface area (Å²) < 4.78 is 0. The highest BCUT2D eigenvalue weighted by molar-refractivity contribution is 5.79. The summed E-state index contributed by atoms with van der Waals surface area (Å²) in [5, 5.41) is 4.54. The van der Waals surface area contributed by atoms with E-state index < -0.39 is 0 Å². The van der Waals surface area contributed by atoms with Crippen LogP contribution in [0.4, 0.5) is 0 Å². The molecule has 1 aromatic carbocycles. The molecule has 0 aliphatic rings. The third-order valence-electron chi connectivity index (χ3n) is 2.16. The van der Waals surface area contributed by atoms with Crippen molar-refractivity contribution in [2.24, 2.45) is 5.11 Å². The Morgan fingerprint density at radius 2 is 2.12 bits per heavy atom. The minimum Gasteiger partial charge on any atom is -0.248 e. The van der Waals surface area contributed by atoms with Gasteiger partial charge in [0.15, 0.2) is 0 Å². The summed E-state index contributed by atoms with van der Waals surface area (Å²) in [6, 6.07) is 11.9. The highest BCUT2D eigenvalue weighted by atomic mass is 15.1. The van der Waals surface area contributed by atoms with Crippen molar-refractivity contribution in [2.45, 2.75) is 0 Å². The lowest BCUT2D eigenvalue weighted by Gasteiger charge is -1.97. The van der Waals surface area contributed by atoms with Gasteiger partial charge in [0, 0.05) is 16.8 Å². The number of aromatic nitrogens is 1. The third-order valence-corrected chi connectivity index (χ3v) is 2.16. The smallest absolute Gasteiger partial charge is 0.0709 e. The van der Waals surface area contributed by atoms with Crippen LogP contribution in [-0.2, 0) is 0 Å². The molecule has 0 aliphatic heterocycles. The molecule has 0 radical (unpaired) electrons. The summed E-state index contributed by atoms with van der Waals surface area (Å²) in [6.45, 7) is 0.352. The molecule has 0 saturated carbocycles. The summed E-state index contributed by atoms with van der Waals surface area (Å²) in [5.41, 5.74) is 9.95. The fourth-order valence-electron chi connectivity index (χ4n) is 1.43. The van der Waals surface area contributed by atoms with Gasteiger partial charge in [0.05, 0.1) is 11.2 Å². The summed E-state index contributed by atoms with van der Waals surface area (Å²) >= 11 is 0. The minimum absolute atomic E-state index is 0.352. The largest absolute Gasteiger partial charge is 0.248 e. The van der Waals surface area contributed by atoms with E-state index in [1.807, 2.05) is 42.5 Å². The Morgan fingerprint density at radius 1 is 1.25 bits per heavy atom.